The van der Waals surface area contributed by atoms with Gasteiger partial charge in [0.05, 0.1) is 0 Å². The van der Waals surface area contributed by atoms with Crippen molar-refractivity contribution in [3.8, 4) is 0 Å². The lowest BCUT2D eigenvalue weighted by atomic mass is 9.84. The van der Waals surface area contributed by atoms with E-state index in [0.717, 1.165) is 5.92 Å². The summed E-state index contributed by atoms with van der Waals surface area (Å²) in [5.41, 5.74) is 0.500. The van der Waals surface area contributed by atoms with Crippen molar-refractivity contribution >= 4 is 0 Å². The van der Waals surface area contributed by atoms with Gasteiger partial charge in [0.1, 0.15) is 0 Å². The maximum atomic E-state index is 2.26. The number of hydrogen-bond donors (Lipinski definition) is 0. The summed E-state index contributed by atoms with van der Waals surface area (Å²) < 4.78 is 0. The van der Waals surface area contributed by atoms with Crippen LogP contribution in [0.1, 0.15) is 56.9 Å². The van der Waals surface area contributed by atoms with Gasteiger partial charge in [-0.25, -0.2) is 0 Å². The first-order chi connectivity index (χ1) is 2.94. The Balaban J connectivity index is -0.0000000600. The molecule has 0 fully saturated rings. The highest BCUT2D eigenvalue weighted by atomic mass is 14.2. The summed E-state index contributed by atoms with van der Waals surface area (Å²) in [7, 11) is 0. The van der Waals surface area contributed by atoms with E-state index in [2.05, 4.69) is 34.6 Å². The molecular weight excluding hydrogens is 120 g/mol. The van der Waals surface area contributed by atoms with Crippen molar-refractivity contribution in [2.45, 2.75) is 56.9 Å². The van der Waals surface area contributed by atoms with Gasteiger partial charge < -0.3 is 0 Å². The molecule has 0 saturated heterocycles. The normalized spacial score (nSPS) is 9.00. The molecule has 0 aliphatic carbocycles. The highest BCUT2D eigenvalue weighted by Gasteiger charge is 2.13. The van der Waals surface area contributed by atoms with Crippen LogP contribution in [0.2, 0.25) is 0 Å². The fourth-order valence-corrected chi connectivity index (χ4v) is 0. The van der Waals surface area contributed by atoms with Crippen molar-refractivity contribution < 1.29 is 0 Å². The lowest BCUT2D eigenvalue weighted by Gasteiger charge is -2.22. The Kier molecular flexibility index (Phi) is 16.0. The average Bonchev–Trinajstić information content (AvgIpc) is 1.31. The van der Waals surface area contributed by atoms with E-state index in [1.54, 1.807) is 0 Å². The molecule has 0 heterocycles. The van der Waals surface area contributed by atoms with Crippen LogP contribution in [0.15, 0.2) is 0 Å². The van der Waals surface area contributed by atoms with E-state index >= 15 is 0 Å². The van der Waals surface area contributed by atoms with Crippen molar-refractivity contribution in [1.29, 1.82) is 0 Å². The molecule has 0 aromatic rings. The van der Waals surface area contributed by atoms with Crippen LogP contribution in [0.4, 0.5) is 0 Å². The summed E-state index contributed by atoms with van der Waals surface area (Å²) in [5, 5.41) is 0. The smallest absolute Gasteiger partial charge is 0.0360 e. The quantitative estimate of drug-likeness (QED) is 0.471. The average molecular weight is 148 g/mol. The van der Waals surface area contributed by atoms with Gasteiger partial charge in [0.2, 0.25) is 0 Å². The zero-order valence-corrected chi connectivity index (χ0v) is 6.08. The second kappa shape index (κ2) is 7.11. The fourth-order valence-electron chi connectivity index (χ4n) is 0. The van der Waals surface area contributed by atoms with Gasteiger partial charge in [-0.15, -0.1) is 0 Å². The molecule has 68 valence electrons. The van der Waals surface area contributed by atoms with Gasteiger partial charge in [0.15, 0.2) is 0 Å². The molecular formula is C10H28. The zero-order chi connectivity index (χ0) is 6.08. The third-order valence-corrected chi connectivity index (χ3v) is 1.73. The van der Waals surface area contributed by atoms with Gasteiger partial charge >= 0.3 is 0 Å². The summed E-state index contributed by atoms with van der Waals surface area (Å²) in [4.78, 5) is 0. The highest BCUT2D eigenvalue weighted by molar-refractivity contribution is 4.64. The lowest BCUT2D eigenvalue weighted by molar-refractivity contribution is 0.283. The van der Waals surface area contributed by atoms with E-state index in [0.29, 0.717) is 5.41 Å². The molecule has 0 amide bonds. The summed E-state index contributed by atoms with van der Waals surface area (Å²) in [6.45, 7) is 11.3. The second-order valence-corrected chi connectivity index (χ2v) is 3.52. The molecule has 0 unspecified atom stereocenters. The van der Waals surface area contributed by atoms with Crippen LogP contribution >= 0.6 is 0 Å². The molecule has 0 aliphatic heterocycles. The molecule has 0 spiro atoms. The largest absolute Gasteiger partial charge is 0.0776 e. The maximum absolute atomic E-state index is 2.26. The number of hydrogen-bond acceptors (Lipinski definition) is 0. The predicted molar refractivity (Wildman–Crippen MR) is 54.5 cm³/mol. The number of rotatable bonds is 0. The van der Waals surface area contributed by atoms with Crippen molar-refractivity contribution in [2.24, 2.45) is 11.3 Å². The minimum atomic E-state index is 0. The van der Waals surface area contributed by atoms with Crippen molar-refractivity contribution in [3.63, 3.8) is 0 Å². The summed E-state index contributed by atoms with van der Waals surface area (Å²) >= 11 is 0. The molecule has 0 atom stereocenters. The first kappa shape index (κ1) is 22.5. The summed E-state index contributed by atoms with van der Waals surface area (Å²) in [6.07, 6.45) is 0. The summed E-state index contributed by atoms with van der Waals surface area (Å²) in [5.74, 6) is 0.799. The van der Waals surface area contributed by atoms with E-state index in [4.69, 9.17) is 0 Å². The second-order valence-electron chi connectivity index (χ2n) is 3.52. The van der Waals surface area contributed by atoms with Crippen LogP contribution in [0, 0.1) is 11.3 Å². The van der Waals surface area contributed by atoms with Gasteiger partial charge in [-0.1, -0.05) is 56.9 Å². The SMILES string of the molecule is C.C.C.CC(C)C(C)(C)C. The Labute approximate surface area is 69.0 Å². The third kappa shape index (κ3) is 10.9. The van der Waals surface area contributed by atoms with Crippen LogP contribution < -0.4 is 0 Å². The van der Waals surface area contributed by atoms with E-state index in [1.807, 2.05) is 0 Å². The minimum absolute atomic E-state index is 0. The Bertz CT molecular complexity index is 45.5. The molecule has 0 rings (SSSR count). The van der Waals surface area contributed by atoms with Crippen LogP contribution in [-0.4, -0.2) is 0 Å². The first-order valence-corrected chi connectivity index (χ1v) is 2.94. The highest BCUT2D eigenvalue weighted by Crippen LogP contribution is 2.23. The van der Waals surface area contributed by atoms with Gasteiger partial charge in [-0.3, -0.25) is 0 Å². The Morgan fingerprint density at radius 2 is 0.900 bits per heavy atom. The van der Waals surface area contributed by atoms with Crippen LogP contribution in [0.3, 0.4) is 0 Å². The van der Waals surface area contributed by atoms with E-state index in [1.165, 1.54) is 0 Å². The molecule has 0 N–H and O–H groups in total. The van der Waals surface area contributed by atoms with Gasteiger partial charge in [-0.05, 0) is 11.3 Å². The molecule has 0 aromatic carbocycles. The standard InChI is InChI=1S/C7H16.3CH4/c1-6(2)7(3,4)5;;;/h6H,1-5H3;3*1H4. The van der Waals surface area contributed by atoms with Crippen LogP contribution in [0.5, 0.6) is 0 Å². The monoisotopic (exact) mass is 148 g/mol. The van der Waals surface area contributed by atoms with Gasteiger partial charge in [0.25, 0.3) is 0 Å². The first-order valence-electron chi connectivity index (χ1n) is 2.94. The zero-order valence-electron chi connectivity index (χ0n) is 6.08. The third-order valence-electron chi connectivity index (χ3n) is 1.73. The molecule has 0 aliphatic rings. The van der Waals surface area contributed by atoms with Gasteiger partial charge in [-0.2, -0.15) is 0 Å². The lowest BCUT2D eigenvalue weighted by Crippen LogP contribution is -2.12. The van der Waals surface area contributed by atoms with E-state index < -0.39 is 0 Å². The van der Waals surface area contributed by atoms with Crippen molar-refractivity contribution in [3.05, 3.63) is 0 Å². The minimum Gasteiger partial charge on any atom is -0.0776 e. The molecule has 0 saturated carbocycles. The summed E-state index contributed by atoms with van der Waals surface area (Å²) in [6, 6.07) is 0. The Morgan fingerprint density at radius 3 is 0.900 bits per heavy atom. The Hall–Kier alpha value is 0. The maximum Gasteiger partial charge on any atom is -0.0360 e. The van der Waals surface area contributed by atoms with Gasteiger partial charge in [0, 0.05) is 0 Å². The molecule has 10 heavy (non-hydrogen) atoms. The fraction of sp³-hybridized carbons (Fsp3) is 1.00. The Morgan fingerprint density at radius 1 is 0.800 bits per heavy atom. The van der Waals surface area contributed by atoms with E-state index in [9.17, 15) is 0 Å². The topological polar surface area (TPSA) is 0 Å². The molecule has 0 bridgehead atoms. The molecule has 0 aromatic heterocycles. The molecule has 0 heteroatoms. The molecule has 0 nitrogen and oxygen atoms in total. The van der Waals surface area contributed by atoms with Crippen molar-refractivity contribution in [2.75, 3.05) is 0 Å². The predicted octanol–water partition coefficient (Wildman–Crippen LogP) is 4.60. The van der Waals surface area contributed by atoms with Crippen LogP contribution in [0.25, 0.3) is 0 Å². The van der Waals surface area contributed by atoms with Crippen molar-refractivity contribution in [1.82, 2.24) is 0 Å². The van der Waals surface area contributed by atoms with E-state index in [-0.39, 0.29) is 22.3 Å². The molecule has 0 radical (unpaired) electrons. The van der Waals surface area contributed by atoms with Crippen LogP contribution in [-0.2, 0) is 0 Å².